The number of nitrogens with zero attached hydrogens (tertiary/aromatic N) is 2. The lowest BCUT2D eigenvalue weighted by Gasteiger charge is -2.23. The molecule has 32 heavy (non-hydrogen) atoms. The van der Waals surface area contributed by atoms with Gasteiger partial charge in [-0.15, -0.1) is 0 Å². The van der Waals surface area contributed by atoms with Gasteiger partial charge in [-0.1, -0.05) is 54.1 Å². The van der Waals surface area contributed by atoms with Crippen molar-refractivity contribution in [3.05, 3.63) is 106 Å². The summed E-state index contributed by atoms with van der Waals surface area (Å²) in [7, 11) is 0. The van der Waals surface area contributed by atoms with Gasteiger partial charge in [-0.25, -0.2) is 0 Å². The Hall–Kier alpha value is -3.73. The zero-order valence-corrected chi connectivity index (χ0v) is 18.0. The van der Waals surface area contributed by atoms with Gasteiger partial charge in [0.05, 0.1) is 17.7 Å². The number of fused-ring (bicyclic) bond motifs is 1. The van der Waals surface area contributed by atoms with Gasteiger partial charge >= 0.3 is 0 Å². The normalized spacial score (nSPS) is 15.1. The molecular weight excluding hydrogens is 400 g/mol. The molecular formula is C27H24N2O3. The van der Waals surface area contributed by atoms with Gasteiger partial charge in [-0.3, -0.25) is 19.3 Å². The summed E-state index contributed by atoms with van der Waals surface area (Å²) in [6.45, 7) is 2.77. The highest BCUT2D eigenvalue weighted by atomic mass is 16.2. The number of imide groups is 1. The summed E-state index contributed by atoms with van der Waals surface area (Å²) in [6.07, 6.45) is 2.04. The summed E-state index contributed by atoms with van der Waals surface area (Å²) in [4.78, 5) is 41.9. The third-order valence-corrected chi connectivity index (χ3v) is 6.11. The van der Waals surface area contributed by atoms with Crippen LogP contribution in [0.25, 0.3) is 0 Å². The van der Waals surface area contributed by atoms with E-state index in [0.717, 1.165) is 24.0 Å². The van der Waals surface area contributed by atoms with Crippen LogP contribution in [0.3, 0.4) is 0 Å². The van der Waals surface area contributed by atoms with Gasteiger partial charge in [0.1, 0.15) is 0 Å². The van der Waals surface area contributed by atoms with Gasteiger partial charge < -0.3 is 4.90 Å². The molecule has 0 aromatic heterocycles. The molecule has 3 aromatic rings. The number of carbonyl (C=O) groups excluding carboxylic acids is 3. The van der Waals surface area contributed by atoms with E-state index in [1.54, 1.807) is 36.4 Å². The summed E-state index contributed by atoms with van der Waals surface area (Å²) in [5, 5.41) is 0. The lowest BCUT2D eigenvalue weighted by Crippen LogP contribution is -2.33. The second-order valence-electron chi connectivity index (χ2n) is 8.59. The fourth-order valence-corrected chi connectivity index (χ4v) is 4.18. The molecule has 0 unspecified atom stereocenters. The fourth-order valence-electron chi connectivity index (χ4n) is 4.18. The van der Waals surface area contributed by atoms with Crippen LogP contribution in [0.1, 0.15) is 60.6 Å². The molecule has 160 valence electrons. The molecule has 1 saturated carbocycles. The van der Waals surface area contributed by atoms with E-state index in [2.05, 4.69) is 24.3 Å². The van der Waals surface area contributed by atoms with E-state index in [0.29, 0.717) is 23.2 Å². The van der Waals surface area contributed by atoms with Crippen LogP contribution in [0.4, 0.5) is 0 Å². The fraction of sp³-hybridized carbons (Fsp3) is 0.222. The van der Waals surface area contributed by atoms with Crippen molar-refractivity contribution in [3.8, 4) is 0 Å². The minimum atomic E-state index is -0.290. The molecule has 1 aliphatic carbocycles. The molecule has 1 aliphatic heterocycles. The Morgan fingerprint density at radius 1 is 0.875 bits per heavy atom. The smallest absolute Gasteiger partial charge is 0.261 e. The maximum absolute atomic E-state index is 13.4. The van der Waals surface area contributed by atoms with Gasteiger partial charge in [0.25, 0.3) is 17.7 Å². The number of hydrogen-bond donors (Lipinski definition) is 0. The molecule has 0 atom stereocenters. The molecule has 0 radical (unpaired) electrons. The van der Waals surface area contributed by atoms with Crippen molar-refractivity contribution in [2.75, 3.05) is 0 Å². The third-order valence-electron chi connectivity index (χ3n) is 6.11. The Morgan fingerprint density at radius 2 is 1.53 bits per heavy atom. The summed E-state index contributed by atoms with van der Waals surface area (Å²) >= 11 is 0. The van der Waals surface area contributed by atoms with Crippen LogP contribution in [0.15, 0.2) is 72.8 Å². The van der Waals surface area contributed by atoms with Crippen molar-refractivity contribution in [1.29, 1.82) is 0 Å². The largest absolute Gasteiger partial charge is 0.331 e. The Morgan fingerprint density at radius 3 is 2.16 bits per heavy atom. The molecule has 0 spiro atoms. The van der Waals surface area contributed by atoms with Gasteiger partial charge in [0.2, 0.25) is 0 Å². The van der Waals surface area contributed by atoms with Gasteiger partial charge in [0.15, 0.2) is 0 Å². The Labute approximate surface area is 187 Å². The number of rotatable bonds is 6. The van der Waals surface area contributed by atoms with Gasteiger partial charge in [-0.2, -0.15) is 0 Å². The van der Waals surface area contributed by atoms with E-state index in [1.165, 1.54) is 10.5 Å². The van der Waals surface area contributed by atoms with E-state index < -0.39 is 0 Å². The minimum Gasteiger partial charge on any atom is -0.331 e. The lowest BCUT2D eigenvalue weighted by molar-refractivity contribution is 0.0642. The molecule has 0 bridgehead atoms. The number of hydrogen-bond acceptors (Lipinski definition) is 3. The molecule has 3 aromatic carbocycles. The summed E-state index contributed by atoms with van der Waals surface area (Å²) in [5.41, 5.74) is 4.51. The third kappa shape index (κ3) is 3.82. The zero-order chi connectivity index (χ0) is 22.2. The summed E-state index contributed by atoms with van der Waals surface area (Å²) in [6, 6.07) is 22.7. The minimum absolute atomic E-state index is 0.0164. The van der Waals surface area contributed by atoms with Gasteiger partial charge in [0, 0.05) is 18.2 Å². The van der Waals surface area contributed by atoms with Crippen molar-refractivity contribution in [2.24, 2.45) is 0 Å². The molecule has 5 nitrogen and oxygen atoms in total. The van der Waals surface area contributed by atoms with E-state index >= 15 is 0 Å². The number of carbonyl (C=O) groups is 3. The SMILES string of the molecule is Cc1ccc(CN(C(=O)c2cccc(CN3C(=O)c4ccccc4C3=O)c2)C2CC2)cc1. The molecule has 5 rings (SSSR count). The first-order chi connectivity index (χ1) is 15.5. The zero-order valence-electron chi connectivity index (χ0n) is 18.0. The molecule has 3 amide bonds. The Bertz CT molecular complexity index is 1180. The van der Waals surface area contributed by atoms with Crippen molar-refractivity contribution in [3.63, 3.8) is 0 Å². The highest BCUT2D eigenvalue weighted by Crippen LogP contribution is 2.30. The van der Waals surface area contributed by atoms with Crippen LogP contribution in [-0.4, -0.2) is 33.6 Å². The average Bonchev–Trinajstić information content (AvgIpc) is 3.63. The molecule has 0 saturated heterocycles. The average molecular weight is 425 g/mol. The van der Waals surface area contributed by atoms with Crippen LogP contribution in [-0.2, 0) is 13.1 Å². The molecule has 1 heterocycles. The predicted molar refractivity (Wildman–Crippen MR) is 121 cm³/mol. The maximum atomic E-state index is 13.4. The van der Waals surface area contributed by atoms with Crippen molar-refractivity contribution < 1.29 is 14.4 Å². The van der Waals surface area contributed by atoms with Crippen molar-refractivity contribution in [1.82, 2.24) is 9.80 Å². The second-order valence-corrected chi connectivity index (χ2v) is 8.59. The van der Waals surface area contributed by atoms with Crippen molar-refractivity contribution in [2.45, 2.75) is 38.9 Å². The second kappa shape index (κ2) is 8.08. The van der Waals surface area contributed by atoms with Crippen LogP contribution >= 0.6 is 0 Å². The van der Waals surface area contributed by atoms with Crippen LogP contribution in [0.2, 0.25) is 0 Å². The standard InChI is InChI=1S/C27H24N2O3/c1-18-9-11-19(12-10-18)16-28(22-13-14-22)25(30)21-6-4-5-20(15-21)17-29-26(31)23-7-2-3-8-24(23)27(29)32/h2-12,15,22H,13-14,16-17H2,1H3. The number of benzene rings is 3. The van der Waals surface area contributed by atoms with E-state index in [1.807, 2.05) is 24.0 Å². The van der Waals surface area contributed by atoms with Gasteiger partial charge in [-0.05, 0) is 55.2 Å². The predicted octanol–water partition coefficient (Wildman–Crippen LogP) is 4.60. The first-order valence-electron chi connectivity index (χ1n) is 10.9. The molecule has 0 N–H and O–H groups in total. The Balaban J connectivity index is 1.35. The quantitative estimate of drug-likeness (QED) is 0.544. The van der Waals surface area contributed by atoms with E-state index in [-0.39, 0.29) is 30.3 Å². The number of amides is 3. The first-order valence-corrected chi connectivity index (χ1v) is 10.9. The van der Waals surface area contributed by atoms with E-state index in [4.69, 9.17) is 0 Å². The molecule has 5 heteroatoms. The van der Waals surface area contributed by atoms with Crippen LogP contribution in [0.5, 0.6) is 0 Å². The monoisotopic (exact) mass is 424 g/mol. The summed E-state index contributed by atoms with van der Waals surface area (Å²) < 4.78 is 0. The topological polar surface area (TPSA) is 57.7 Å². The molecule has 2 aliphatic rings. The van der Waals surface area contributed by atoms with Crippen LogP contribution in [0, 0.1) is 6.92 Å². The highest BCUT2D eigenvalue weighted by Gasteiger charge is 2.36. The lowest BCUT2D eigenvalue weighted by atomic mass is 10.1. The molecule has 1 fully saturated rings. The maximum Gasteiger partial charge on any atom is 0.261 e. The highest BCUT2D eigenvalue weighted by molar-refractivity contribution is 6.21. The Kier molecular flexibility index (Phi) is 5.10. The first kappa shape index (κ1) is 20.2. The van der Waals surface area contributed by atoms with E-state index in [9.17, 15) is 14.4 Å². The van der Waals surface area contributed by atoms with Crippen LogP contribution < -0.4 is 0 Å². The number of aryl methyl sites for hydroxylation is 1. The van der Waals surface area contributed by atoms with Crippen molar-refractivity contribution >= 4 is 17.7 Å². The summed E-state index contributed by atoms with van der Waals surface area (Å²) in [5.74, 6) is -0.597.